The second-order valence-corrected chi connectivity index (χ2v) is 6.39. The van der Waals surface area contributed by atoms with E-state index in [0.717, 1.165) is 30.7 Å². The maximum atomic E-state index is 11.1. The van der Waals surface area contributed by atoms with Gasteiger partial charge in [0.15, 0.2) is 0 Å². The van der Waals surface area contributed by atoms with Crippen LogP contribution in [0.3, 0.4) is 0 Å². The molecule has 0 N–H and O–H groups in total. The molecule has 2 rings (SSSR count). The Morgan fingerprint density at radius 1 is 1.35 bits per heavy atom. The van der Waals surface area contributed by atoms with Crippen LogP contribution in [0.5, 0.6) is 0 Å². The molecule has 0 saturated heterocycles. The Morgan fingerprint density at radius 3 is 2.80 bits per heavy atom. The van der Waals surface area contributed by atoms with Crippen molar-refractivity contribution in [3.63, 3.8) is 0 Å². The normalized spacial score (nSPS) is 26.4. The van der Waals surface area contributed by atoms with Crippen molar-refractivity contribution in [1.29, 1.82) is 0 Å². The van der Waals surface area contributed by atoms with Crippen molar-refractivity contribution >= 4 is 17.3 Å². The SMILES string of the molecule is CCCC1CCC(Cl)C(Cc2ccccc2[N+](=O)[O-])C1. The van der Waals surface area contributed by atoms with Crippen molar-refractivity contribution < 1.29 is 4.92 Å². The monoisotopic (exact) mass is 295 g/mol. The number of benzene rings is 1. The van der Waals surface area contributed by atoms with Gasteiger partial charge in [-0.3, -0.25) is 10.1 Å². The Kier molecular flexibility index (Phi) is 5.41. The van der Waals surface area contributed by atoms with Gasteiger partial charge >= 0.3 is 0 Å². The predicted molar refractivity (Wildman–Crippen MR) is 82.2 cm³/mol. The maximum Gasteiger partial charge on any atom is 0.272 e. The van der Waals surface area contributed by atoms with E-state index in [1.165, 1.54) is 19.3 Å². The van der Waals surface area contributed by atoms with Crippen LogP contribution in [-0.2, 0) is 6.42 Å². The van der Waals surface area contributed by atoms with Gasteiger partial charge in [0, 0.05) is 17.0 Å². The second-order valence-electron chi connectivity index (χ2n) is 5.83. The lowest BCUT2D eigenvalue weighted by Crippen LogP contribution is -2.27. The first-order valence-electron chi connectivity index (χ1n) is 7.48. The van der Waals surface area contributed by atoms with E-state index >= 15 is 0 Å². The fraction of sp³-hybridized carbons (Fsp3) is 0.625. The molecule has 4 heteroatoms. The first-order chi connectivity index (χ1) is 9.61. The van der Waals surface area contributed by atoms with Crippen molar-refractivity contribution in [1.82, 2.24) is 0 Å². The second kappa shape index (κ2) is 7.07. The molecule has 0 spiro atoms. The van der Waals surface area contributed by atoms with Gasteiger partial charge in [0.1, 0.15) is 0 Å². The Labute approximate surface area is 125 Å². The van der Waals surface area contributed by atoms with Crippen LogP contribution in [0.1, 0.15) is 44.6 Å². The fourth-order valence-electron chi connectivity index (χ4n) is 3.35. The van der Waals surface area contributed by atoms with Crippen LogP contribution in [-0.4, -0.2) is 10.3 Å². The number of hydrogen-bond donors (Lipinski definition) is 0. The summed E-state index contributed by atoms with van der Waals surface area (Å²) in [5.41, 5.74) is 1.05. The lowest BCUT2D eigenvalue weighted by atomic mass is 9.76. The summed E-state index contributed by atoms with van der Waals surface area (Å²) in [4.78, 5) is 10.8. The van der Waals surface area contributed by atoms with Crippen molar-refractivity contribution in [3.8, 4) is 0 Å². The van der Waals surface area contributed by atoms with Gasteiger partial charge in [-0.1, -0.05) is 38.0 Å². The minimum Gasteiger partial charge on any atom is -0.258 e. The minimum atomic E-state index is -0.287. The zero-order valence-corrected chi connectivity index (χ0v) is 12.7. The third kappa shape index (κ3) is 3.72. The molecule has 3 nitrogen and oxygen atoms in total. The van der Waals surface area contributed by atoms with Crippen molar-refractivity contribution in [2.24, 2.45) is 11.8 Å². The van der Waals surface area contributed by atoms with Gasteiger partial charge < -0.3 is 0 Å². The van der Waals surface area contributed by atoms with E-state index in [-0.39, 0.29) is 16.0 Å². The summed E-state index contributed by atoms with van der Waals surface area (Å²) >= 11 is 6.46. The third-order valence-electron chi connectivity index (χ3n) is 4.37. The molecule has 1 fully saturated rings. The van der Waals surface area contributed by atoms with E-state index in [1.807, 2.05) is 12.1 Å². The zero-order chi connectivity index (χ0) is 14.5. The summed E-state index contributed by atoms with van der Waals surface area (Å²) in [6, 6.07) is 7.05. The third-order valence-corrected chi connectivity index (χ3v) is 4.94. The van der Waals surface area contributed by atoms with Crippen molar-refractivity contribution in [3.05, 3.63) is 39.9 Å². The Morgan fingerprint density at radius 2 is 2.10 bits per heavy atom. The Hall–Kier alpha value is -1.09. The van der Waals surface area contributed by atoms with Crippen LogP contribution < -0.4 is 0 Å². The largest absolute Gasteiger partial charge is 0.272 e. The molecular weight excluding hydrogens is 274 g/mol. The molecule has 1 saturated carbocycles. The maximum absolute atomic E-state index is 11.1. The number of para-hydroxylation sites is 1. The lowest BCUT2D eigenvalue weighted by molar-refractivity contribution is -0.385. The molecule has 0 bridgehead atoms. The smallest absolute Gasteiger partial charge is 0.258 e. The molecule has 0 amide bonds. The molecule has 0 radical (unpaired) electrons. The molecule has 3 atom stereocenters. The minimum absolute atomic E-state index is 0.155. The van der Waals surface area contributed by atoms with Gasteiger partial charge in [-0.05, 0) is 37.5 Å². The summed E-state index contributed by atoms with van der Waals surface area (Å²) < 4.78 is 0. The van der Waals surface area contributed by atoms with Gasteiger partial charge in [0.25, 0.3) is 5.69 Å². The number of nitrogens with zero attached hydrogens (tertiary/aromatic N) is 1. The van der Waals surface area contributed by atoms with Crippen LogP contribution in [0, 0.1) is 22.0 Å². The van der Waals surface area contributed by atoms with Crippen molar-refractivity contribution in [2.45, 2.75) is 50.8 Å². The van der Waals surface area contributed by atoms with Crippen molar-refractivity contribution in [2.75, 3.05) is 0 Å². The van der Waals surface area contributed by atoms with E-state index < -0.39 is 0 Å². The molecule has 0 aromatic heterocycles. The van der Waals surface area contributed by atoms with Gasteiger partial charge in [-0.15, -0.1) is 11.6 Å². The molecule has 110 valence electrons. The number of nitro groups is 1. The fourth-order valence-corrected chi connectivity index (χ4v) is 3.67. The first-order valence-corrected chi connectivity index (χ1v) is 7.91. The summed E-state index contributed by atoms with van der Waals surface area (Å²) in [6.45, 7) is 2.21. The molecule has 20 heavy (non-hydrogen) atoms. The number of hydrogen-bond acceptors (Lipinski definition) is 2. The molecule has 1 aromatic carbocycles. The van der Waals surface area contributed by atoms with Gasteiger partial charge in [-0.25, -0.2) is 0 Å². The summed E-state index contributed by atoms with van der Waals surface area (Å²) in [7, 11) is 0. The molecule has 1 aliphatic rings. The quantitative estimate of drug-likeness (QED) is 0.438. The highest BCUT2D eigenvalue weighted by atomic mass is 35.5. The van der Waals surface area contributed by atoms with Gasteiger partial charge in [0.05, 0.1) is 4.92 Å². The van der Waals surface area contributed by atoms with E-state index in [4.69, 9.17) is 11.6 Å². The highest BCUT2D eigenvalue weighted by molar-refractivity contribution is 6.20. The highest BCUT2D eigenvalue weighted by Gasteiger charge is 2.30. The van der Waals surface area contributed by atoms with Gasteiger partial charge in [-0.2, -0.15) is 0 Å². The van der Waals surface area contributed by atoms with Crippen LogP contribution in [0.15, 0.2) is 24.3 Å². The average molecular weight is 296 g/mol. The Bertz CT molecular complexity index is 464. The van der Waals surface area contributed by atoms with E-state index in [2.05, 4.69) is 6.92 Å². The first kappa shape index (κ1) is 15.3. The summed E-state index contributed by atoms with van der Waals surface area (Å²) in [5, 5.41) is 11.2. The van der Waals surface area contributed by atoms with E-state index in [9.17, 15) is 10.1 Å². The molecule has 3 unspecified atom stereocenters. The topological polar surface area (TPSA) is 43.1 Å². The van der Waals surface area contributed by atoms with Gasteiger partial charge in [0.2, 0.25) is 0 Å². The van der Waals surface area contributed by atoms with E-state index in [1.54, 1.807) is 12.1 Å². The molecular formula is C16H22ClNO2. The molecule has 1 aromatic rings. The summed E-state index contributed by atoms with van der Waals surface area (Å²) in [5.74, 6) is 1.10. The standard InChI is InChI=1S/C16H22ClNO2/c1-2-5-12-8-9-15(17)14(10-12)11-13-6-3-4-7-16(13)18(19)20/h3-4,6-7,12,14-15H,2,5,8-11H2,1H3. The van der Waals surface area contributed by atoms with Crippen LogP contribution in [0.4, 0.5) is 5.69 Å². The number of halogens is 1. The average Bonchev–Trinajstić information content (AvgIpc) is 2.43. The Balaban J connectivity index is 2.09. The summed E-state index contributed by atoms with van der Waals surface area (Å²) in [6.07, 6.45) is 6.53. The highest BCUT2D eigenvalue weighted by Crippen LogP contribution is 2.38. The molecule has 0 heterocycles. The number of nitro benzene ring substituents is 1. The van der Waals surface area contributed by atoms with Crippen LogP contribution >= 0.6 is 11.6 Å². The van der Waals surface area contributed by atoms with Crippen LogP contribution in [0.25, 0.3) is 0 Å². The lowest BCUT2D eigenvalue weighted by Gasteiger charge is -2.33. The van der Waals surface area contributed by atoms with E-state index in [0.29, 0.717) is 5.92 Å². The molecule has 0 aliphatic heterocycles. The zero-order valence-electron chi connectivity index (χ0n) is 11.9. The van der Waals surface area contributed by atoms with Crippen LogP contribution in [0.2, 0.25) is 0 Å². The number of rotatable bonds is 5. The predicted octanol–water partition coefficient (Wildman–Crippen LogP) is 4.96. The molecule has 1 aliphatic carbocycles. The number of alkyl halides is 1.